The Balaban J connectivity index is 1.77. The smallest absolute Gasteiger partial charge is 0.229 e. The Morgan fingerprint density at radius 3 is 3.00 bits per heavy atom. The van der Waals surface area contributed by atoms with Gasteiger partial charge in [0, 0.05) is 32.3 Å². The highest BCUT2D eigenvalue weighted by Crippen LogP contribution is 2.29. The van der Waals surface area contributed by atoms with Gasteiger partial charge in [-0.15, -0.1) is 0 Å². The van der Waals surface area contributed by atoms with Crippen molar-refractivity contribution in [2.45, 2.75) is 12.8 Å². The lowest BCUT2D eigenvalue weighted by atomic mass is 9.90. The first-order valence-corrected chi connectivity index (χ1v) is 7.31. The van der Waals surface area contributed by atoms with Gasteiger partial charge in [0.2, 0.25) is 5.91 Å². The highest BCUT2D eigenvalue weighted by atomic mass is 19.1. The zero-order valence-corrected chi connectivity index (χ0v) is 12.6. The maximum Gasteiger partial charge on any atom is 0.229 e. The summed E-state index contributed by atoms with van der Waals surface area (Å²) in [5.41, 5.74) is 2.17. The molecule has 2 N–H and O–H groups in total. The summed E-state index contributed by atoms with van der Waals surface area (Å²) in [6, 6.07) is 4.70. The summed E-state index contributed by atoms with van der Waals surface area (Å²) in [4.78, 5) is 12.5. The van der Waals surface area contributed by atoms with Crippen molar-refractivity contribution >= 4 is 11.6 Å². The van der Waals surface area contributed by atoms with Gasteiger partial charge in [-0.2, -0.15) is 5.10 Å². The quantitative estimate of drug-likeness (QED) is 0.909. The molecule has 1 aliphatic heterocycles. The van der Waals surface area contributed by atoms with Crippen molar-refractivity contribution in [3.05, 3.63) is 47.5 Å². The molecule has 0 spiro atoms. The molecule has 2 atom stereocenters. The number of nitrogens with one attached hydrogen (secondary N) is 2. The average molecular weight is 302 g/mol. The van der Waals surface area contributed by atoms with Gasteiger partial charge in [0.15, 0.2) is 0 Å². The van der Waals surface area contributed by atoms with Crippen LogP contribution in [0, 0.1) is 18.7 Å². The van der Waals surface area contributed by atoms with Gasteiger partial charge in [-0.05, 0) is 30.2 Å². The number of anilines is 1. The largest absolute Gasteiger partial charge is 0.323 e. The number of hydrogen-bond donors (Lipinski definition) is 2. The monoisotopic (exact) mass is 302 g/mol. The summed E-state index contributed by atoms with van der Waals surface area (Å²) >= 11 is 0. The average Bonchev–Trinajstić information content (AvgIpc) is 3.11. The number of halogens is 1. The molecule has 1 amide bonds. The molecule has 5 nitrogen and oxygen atoms in total. The van der Waals surface area contributed by atoms with Crippen LogP contribution < -0.4 is 10.6 Å². The van der Waals surface area contributed by atoms with Crippen LogP contribution >= 0.6 is 0 Å². The molecule has 0 radical (unpaired) electrons. The molecule has 1 aromatic carbocycles. The van der Waals surface area contributed by atoms with Gasteiger partial charge in [0.05, 0.1) is 17.8 Å². The minimum absolute atomic E-state index is 0.0570. The van der Waals surface area contributed by atoms with Gasteiger partial charge in [-0.1, -0.05) is 6.07 Å². The van der Waals surface area contributed by atoms with Crippen LogP contribution in [0.4, 0.5) is 10.1 Å². The van der Waals surface area contributed by atoms with Crippen molar-refractivity contribution in [1.29, 1.82) is 0 Å². The number of nitrogens with zero attached hydrogens (tertiary/aromatic N) is 2. The molecule has 1 saturated heterocycles. The number of aryl methyl sites for hydroxylation is 2. The fraction of sp³-hybridized carbons (Fsp3) is 0.375. The molecule has 116 valence electrons. The lowest BCUT2D eigenvalue weighted by molar-refractivity contribution is -0.119. The summed E-state index contributed by atoms with van der Waals surface area (Å²) in [5.74, 6) is -0.753. The van der Waals surface area contributed by atoms with Gasteiger partial charge in [-0.3, -0.25) is 9.48 Å². The van der Waals surface area contributed by atoms with Crippen molar-refractivity contribution in [2.75, 3.05) is 18.4 Å². The van der Waals surface area contributed by atoms with Gasteiger partial charge in [0.25, 0.3) is 0 Å². The van der Waals surface area contributed by atoms with Crippen LogP contribution in [0.5, 0.6) is 0 Å². The Kier molecular flexibility index (Phi) is 3.94. The predicted octanol–water partition coefficient (Wildman–Crippen LogP) is 1.81. The highest BCUT2D eigenvalue weighted by Gasteiger charge is 2.34. The van der Waals surface area contributed by atoms with Gasteiger partial charge >= 0.3 is 0 Å². The van der Waals surface area contributed by atoms with Crippen molar-refractivity contribution in [3.63, 3.8) is 0 Å². The first-order chi connectivity index (χ1) is 10.5. The Morgan fingerprint density at radius 1 is 1.45 bits per heavy atom. The molecule has 1 aliphatic rings. The number of carbonyl (C=O) groups is 1. The molecule has 0 aliphatic carbocycles. The van der Waals surface area contributed by atoms with Crippen LogP contribution in [0.25, 0.3) is 0 Å². The lowest BCUT2D eigenvalue weighted by Gasteiger charge is -2.17. The maximum absolute atomic E-state index is 13.8. The molecule has 1 fully saturated rings. The van der Waals surface area contributed by atoms with Crippen LogP contribution in [0.1, 0.15) is 17.0 Å². The van der Waals surface area contributed by atoms with Crippen LogP contribution in [-0.2, 0) is 11.8 Å². The Bertz CT molecular complexity index is 697. The maximum atomic E-state index is 13.8. The van der Waals surface area contributed by atoms with Crippen LogP contribution in [-0.4, -0.2) is 28.8 Å². The molecule has 0 bridgehead atoms. The Morgan fingerprint density at radius 2 is 2.27 bits per heavy atom. The van der Waals surface area contributed by atoms with E-state index in [9.17, 15) is 9.18 Å². The van der Waals surface area contributed by atoms with E-state index in [0.717, 1.165) is 17.7 Å². The molecule has 3 rings (SSSR count). The van der Waals surface area contributed by atoms with Crippen molar-refractivity contribution in [3.8, 4) is 0 Å². The second kappa shape index (κ2) is 5.88. The number of amides is 1. The summed E-state index contributed by atoms with van der Waals surface area (Å²) in [6.45, 7) is 3.17. The molecule has 0 unspecified atom stereocenters. The SMILES string of the molecule is Cc1ccc(F)c(NC(=O)[C@H]2CNC[C@@H]2c2cnn(C)c2)c1. The first kappa shape index (κ1) is 14.7. The summed E-state index contributed by atoms with van der Waals surface area (Å²) in [6.07, 6.45) is 3.70. The Hall–Kier alpha value is -2.21. The van der Waals surface area contributed by atoms with Crippen molar-refractivity contribution in [1.82, 2.24) is 15.1 Å². The number of rotatable bonds is 3. The standard InChI is InChI=1S/C16H19FN4O/c1-10-3-4-14(17)15(5-10)20-16(22)13-8-18-7-12(13)11-6-19-21(2)9-11/h3-6,9,12-13,18H,7-8H2,1-2H3,(H,20,22)/t12-,13+/m1/s1. The van der Waals surface area contributed by atoms with Gasteiger partial charge < -0.3 is 10.6 Å². The lowest BCUT2D eigenvalue weighted by Crippen LogP contribution is -2.28. The highest BCUT2D eigenvalue weighted by molar-refractivity contribution is 5.93. The first-order valence-electron chi connectivity index (χ1n) is 7.31. The second-order valence-electron chi connectivity index (χ2n) is 5.79. The van der Waals surface area contributed by atoms with E-state index in [0.29, 0.717) is 6.54 Å². The minimum Gasteiger partial charge on any atom is -0.323 e. The number of benzene rings is 1. The van der Waals surface area contributed by atoms with E-state index in [1.54, 1.807) is 23.0 Å². The fourth-order valence-electron chi connectivity index (χ4n) is 2.90. The Labute approximate surface area is 128 Å². The van der Waals surface area contributed by atoms with E-state index in [-0.39, 0.29) is 23.4 Å². The predicted molar refractivity (Wildman–Crippen MR) is 82.1 cm³/mol. The number of aromatic nitrogens is 2. The molecule has 2 heterocycles. The number of hydrogen-bond acceptors (Lipinski definition) is 3. The molecule has 22 heavy (non-hydrogen) atoms. The van der Waals surface area contributed by atoms with Gasteiger partial charge in [-0.25, -0.2) is 4.39 Å². The van der Waals surface area contributed by atoms with E-state index >= 15 is 0 Å². The van der Waals surface area contributed by atoms with E-state index in [4.69, 9.17) is 0 Å². The van der Waals surface area contributed by atoms with Crippen molar-refractivity contribution < 1.29 is 9.18 Å². The molecule has 0 saturated carbocycles. The second-order valence-corrected chi connectivity index (χ2v) is 5.79. The van der Waals surface area contributed by atoms with E-state index < -0.39 is 5.82 Å². The summed E-state index contributed by atoms with van der Waals surface area (Å²) in [7, 11) is 1.85. The van der Waals surface area contributed by atoms with Crippen LogP contribution in [0.2, 0.25) is 0 Å². The van der Waals surface area contributed by atoms with Crippen LogP contribution in [0.3, 0.4) is 0 Å². The van der Waals surface area contributed by atoms with Crippen molar-refractivity contribution in [2.24, 2.45) is 13.0 Å². The third-order valence-corrected chi connectivity index (χ3v) is 4.08. The van der Waals surface area contributed by atoms with E-state index in [1.165, 1.54) is 6.07 Å². The molecular formula is C16H19FN4O. The molecule has 1 aromatic heterocycles. The fourth-order valence-corrected chi connectivity index (χ4v) is 2.90. The number of carbonyl (C=O) groups excluding carboxylic acids is 1. The molecule has 6 heteroatoms. The van der Waals surface area contributed by atoms with E-state index in [2.05, 4.69) is 15.7 Å². The zero-order chi connectivity index (χ0) is 15.7. The zero-order valence-electron chi connectivity index (χ0n) is 12.6. The normalized spacial score (nSPS) is 21.0. The third-order valence-electron chi connectivity index (χ3n) is 4.08. The minimum atomic E-state index is -0.414. The summed E-state index contributed by atoms with van der Waals surface area (Å²) < 4.78 is 15.5. The van der Waals surface area contributed by atoms with Gasteiger partial charge in [0.1, 0.15) is 5.82 Å². The summed E-state index contributed by atoms with van der Waals surface area (Å²) in [5, 5.41) is 10.1. The third kappa shape index (κ3) is 2.87. The molecule has 2 aromatic rings. The van der Waals surface area contributed by atoms with Crippen LogP contribution in [0.15, 0.2) is 30.6 Å². The van der Waals surface area contributed by atoms with E-state index in [1.807, 2.05) is 20.2 Å². The molecular weight excluding hydrogens is 283 g/mol. The topological polar surface area (TPSA) is 59.0 Å².